The van der Waals surface area contributed by atoms with Gasteiger partial charge in [-0.15, -0.1) is 0 Å². The van der Waals surface area contributed by atoms with Crippen molar-refractivity contribution in [3.05, 3.63) is 180 Å². The fourth-order valence-corrected chi connectivity index (χ4v) is 13.0. The van der Waals surface area contributed by atoms with Gasteiger partial charge in [0, 0.05) is 89.8 Å². The van der Waals surface area contributed by atoms with Gasteiger partial charge < -0.3 is 74.8 Å². The summed E-state index contributed by atoms with van der Waals surface area (Å²) < 4.78 is 34.0. The summed E-state index contributed by atoms with van der Waals surface area (Å²) >= 11 is 0. The average Bonchev–Trinajstić information content (AvgIpc) is 1.62. The molecule has 0 saturated carbocycles. The van der Waals surface area contributed by atoms with E-state index >= 15 is 0 Å². The fourth-order valence-electron chi connectivity index (χ4n) is 12.5. The van der Waals surface area contributed by atoms with Gasteiger partial charge in [-0.3, -0.25) is 24.0 Å². The van der Waals surface area contributed by atoms with Crippen LogP contribution in [-0.4, -0.2) is 198 Å². The number of nitrogens with zero attached hydrogens (tertiary/aromatic N) is 15. The van der Waals surface area contributed by atoms with E-state index in [0.717, 1.165) is 36.6 Å². The molecule has 9 aromatic rings. The number of nitrogens with one attached hydrogen (secondary N) is 4. The highest BCUT2D eigenvalue weighted by atomic mass is 32.2. The van der Waals surface area contributed by atoms with Crippen LogP contribution in [0.25, 0.3) is 0 Å². The van der Waals surface area contributed by atoms with Crippen LogP contribution in [0.1, 0.15) is 79.0 Å². The van der Waals surface area contributed by atoms with Gasteiger partial charge in [-0.25, -0.2) is 28.5 Å². The van der Waals surface area contributed by atoms with Crippen LogP contribution in [0.4, 0.5) is 86.5 Å². The van der Waals surface area contributed by atoms with Crippen molar-refractivity contribution >= 4 is 126 Å². The van der Waals surface area contributed by atoms with Crippen LogP contribution in [-0.2, 0) is 10.0 Å². The van der Waals surface area contributed by atoms with E-state index in [4.69, 9.17) is 24.6 Å². The molecule has 30 heteroatoms. The first kappa shape index (κ1) is 73.4. The number of aromatic nitrogens is 6. The number of carbonyl (C=O) groups excluding carboxylic acids is 5. The summed E-state index contributed by atoms with van der Waals surface area (Å²) in [5.74, 6) is 3.31. The molecule has 0 bridgehead atoms. The Morgan fingerprint density at radius 1 is 0.548 bits per heavy atom. The fraction of sp³-hybridized carbons (Fsp3) is 0.284. The standard InChI is InChI=1S/C28H33N7O3.C26H31N7O3.C20H20N6O3S/c1-6-35-23-16-29-28(31-25(23)33(4)22-10-8-7-9-20(22)27(35)37)30-21-12-11-18(15-24(21)38-5)26(36)34-14-13-19(17-34)32(2)3;1-6-33-21-16-28-26(30-23(21)32(4)20-10-8-7-9-18(20)25(33)35)29-19-12-11-17(15-22(19)36-5)24(34)27-13-14-31(2)3;1-3-26-17-12-22-20(23-13-8-10-14(11-9-13)30(21,28)29)24-18(17)25(2)16-7-5-4-6-15(16)19(26)27/h7-12,15-16,19H,6,13-14,17H2,1-5H3,(H,29,30,31);7-12,15-16H,6,13-14H2,1-5H3,(H,27,34)(H,28,29,30);4-12H,3H2,1-2H3,(H2,21,28,29)(H,22,23,24). The molecule has 1 saturated heterocycles. The third-order valence-electron chi connectivity index (χ3n) is 18.1. The van der Waals surface area contributed by atoms with E-state index in [2.05, 4.69) is 46.1 Å². The Balaban J connectivity index is 0.000000157. The van der Waals surface area contributed by atoms with Crippen molar-refractivity contribution in [2.24, 2.45) is 5.14 Å². The molecule has 7 heterocycles. The molecule has 6 N–H and O–H groups in total. The van der Waals surface area contributed by atoms with E-state index < -0.39 is 10.0 Å². The van der Waals surface area contributed by atoms with E-state index in [9.17, 15) is 32.4 Å². The number of ether oxygens (including phenoxy) is 2. The van der Waals surface area contributed by atoms with Gasteiger partial charge in [0.25, 0.3) is 29.5 Å². The molecule has 0 radical (unpaired) electrons. The predicted molar refractivity (Wildman–Crippen MR) is 404 cm³/mol. The molecule has 0 aliphatic carbocycles. The molecule has 29 nitrogen and oxygen atoms in total. The number of hydrogen-bond donors (Lipinski definition) is 5. The number of sulfonamides is 1. The van der Waals surface area contributed by atoms with E-state index in [1.165, 1.54) is 12.1 Å². The quantitative estimate of drug-likeness (QED) is 0.0533. The summed E-state index contributed by atoms with van der Waals surface area (Å²) in [5, 5.41) is 17.5. The summed E-state index contributed by atoms with van der Waals surface area (Å²) in [6.45, 7) is 9.93. The number of likely N-dealkylation sites (N-methyl/N-ethyl adjacent to an activating group) is 2. The van der Waals surface area contributed by atoms with Gasteiger partial charge in [-0.1, -0.05) is 36.4 Å². The zero-order valence-corrected chi connectivity index (χ0v) is 60.9. The first-order valence-corrected chi connectivity index (χ1v) is 35.2. The number of benzene rings is 6. The molecule has 6 aromatic carbocycles. The Morgan fingerprint density at radius 2 is 0.952 bits per heavy atom. The average molecular weight is 1430 g/mol. The highest BCUT2D eigenvalue weighted by Crippen LogP contribution is 2.43. The minimum Gasteiger partial charge on any atom is -0.495 e. The van der Waals surface area contributed by atoms with E-state index in [-0.39, 0.29) is 34.4 Å². The van der Waals surface area contributed by atoms with Crippen LogP contribution in [0.15, 0.2) is 157 Å². The monoisotopic (exact) mass is 1430 g/mol. The number of carbonyl (C=O) groups is 5. The molecule has 1 fully saturated rings. The van der Waals surface area contributed by atoms with Gasteiger partial charge in [-0.05, 0) is 152 Å². The van der Waals surface area contributed by atoms with Gasteiger partial charge >= 0.3 is 0 Å². The lowest BCUT2D eigenvalue weighted by Gasteiger charge is -2.23. The zero-order valence-electron chi connectivity index (χ0n) is 60.0. The Bertz CT molecular complexity index is 4830. The number of fused-ring (bicyclic) bond motifs is 6. The molecular weight excluding hydrogens is 1350 g/mol. The molecule has 4 aliphatic rings. The lowest BCUT2D eigenvalue weighted by Crippen LogP contribution is -2.34. The number of para-hydroxylation sites is 3. The molecule has 3 aromatic heterocycles. The second-order valence-corrected chi connectivity index (χ2v) is 26.6. The van der Waals surface area contributed by atoms with Crippen molar-refractivity contribution in [1.29, 1.82) is 0 Å². The molecule has 5 amide bonds. The maximum atomic E-state index is 13.2. The molecule has 1 atom stereocenters. The van der Waals surface area contributed by atoms with E-state index in [1.807, 2.05) is 167 Å². The largest absolute Gasteiger partial charge is 0.495 e. The van der Waals surface area contributed by atoms with E-state index in [0.29, 0.717) is 148 Å². The number of likely N-dealkylation sites (tertiary alicyclic amines) is 1. The molecule has 1 unspecified atom stereocenters. The maximum absolute atomic E-state index is 13.2. The summed E-state index contributed by atoms with van der Waals surface area (Å²) in [4.78, 5) is 109. The second-order valence-electron chi connectivity index (χ2n) is 25.1. The second kappa shape index (κ2) is 31.6. The highest BCUT2D eigenvalue weighted by Gasteiger charge is 2.35. The van der Waals surface area contributed by atoms with Gasteiger partial charge in [0.15, 0.2) is 17.5 Å². The molecule has 540 valence electrons. The molecule has 4 aliphatic heterocycles. The van der Waals surface area contributed by atoms with Gasteiger partial charge in [0.1, 0.15) is 28.6 Å². The first-order chi connectivity index (χ1) is 49.9. The van der Waals surface area contributed by atoms with Gasteiger partial charge in [-0.2, -0.15) is 15.0 Å². The third-order valence-corrected chi connectivity index (χ3v) is 19.0. The Morgan fingerprint density at radius 3 is 1.34 bits per heavy atom. The van der Waals surface area contributed by atoms with Gasteiger partial charge in [0.2, 0.25) is 27.9 Å². The van der Waals surface area contributed by atoms with Crippen LogP contribution in [0.5, 0.6) is 11.5 Å². The minimum absolute atomic E-state index is 0.00917. The Hall–Kier alpha value is -11.9. The minimum atomic E-state index is -3.76. The molecular formula is C74H84N20O9S. The SMILES string of the molecule is CCN1C(=O)c2ccccc2N(C)c2nc(Nc3ccc(C(=O)N4CCC(N(C)C)C4)cc3OC)ncc21.CCN1C(=O)c2ccccc2N(C)c2nc(Nc3ccc(C(=O)NCCN(C)C)cc3OC)ncc21.CCN1C(=O)c2ccccc2N(C)c2nc(Nc3ccc(S(N)(=O)=O)cc3)ncc21. The summed E-state index contributed by atoms with van der Waals surface area (Å²) in [5.41, 5.74) is 8.89. The van der Waals surface area contributed by atoms with E-state index in [1.54, 1.807) is 96.0 Å². The lowest BCUT2D eigenvalue weighted by atomic mass is 10.1. The number of rotatable bonds is 18. The lowest BCUT2D eigenvalue weighted by molar-refractivity contribution is 0.0781. The third kappa shape index (κ3) is 15.5. The number of amides is 5. The van der Waals surface area contributed by atoms with Crippen molar-refractivity contribution in [3.8, 4) is 11.5 Å². The smallest absolute Gasteiger partial charge is 0.260 e. The molecule has 13 rings (SSSR count). The van der Waals surface area contributed by atoms with Crippen LogP contribution < -0.4 is 65.3 Å². The van der Waals surface area contributed by atoms with Crippen LogP contribution in [0, 0.1) is 0 Å². The summed E-state index contributed by atoms with van der Waals surface area (Å²) in [6, 6.07) is 39.2. The number of hydrogen-bond acceptors (Lipinski definition) is 23. The summed E-state index contributed by atoms with van der Waals surface area (Å²) in [6.07, 6.45) is 5.87. The highest BCUT2D eigenvalue weighted by molar-refractivity contribution is 7.89. The van der Waals surface area contributed by atoms with Crippen molar-refractivity contribution < 1.29 is 41.9 Å². The van der Waals surface area contributed by atoms with Crippen molar-refractivity contribution in [3.63, 3.8) is 0 Å². The topological polar surface area (TPSA) is 319 Å². The number of nitrogens with two attached hydrogens (primary N) is 1. The number of anilines is 15. The van der Waals surface area contributed by atoms with Crippen molar-refractivity contribution in [2.45, 2.75) is 38.1 Å². The predicted octanol–water partition coefficient (Wildman–Crippen LogP) is 9.64. The Labute approximate surface area is 604 Å². The number of methoxy groups -OCH3 is 2. The number of primary sulfonamides is 1. The summed E-state index contributed by atoms with van der Waals surface area (Å²) in [7, 11) is 13.0. The van der Waals surface area contributed by atoms with Crippen molar-refractivity contribution in [2.75, 3.05) is 155 Å². The van der Waals surface area contributed by atoms with Crippen molar-refractivity contribution in [1.82, 2.24) is 49.9 Å². The maximum Gasteiger partial charge on any atom is 0.260 e. The molecule has 0 spiro atoms. The zero-order chi connectivity index (χ0) is 74.3. The normalized spacial score (nSPS) is 14.4. The molecule has 104 heavy (non-hydrogen) atoms. The van der Waals surface area contributed by atoms with Crippen LogP contribution in [0.3, 0.4) is 0 Å². The van der Waals surface area contributed by atoms with Crippen LogP contribution in [0.2, 0.25) is 0 Å². The van der Waals surface area contributed by atoms with Gasteiger partial charge in [0.05, 0.1) is 82.8 Å². The Kier molecular flexibility index (Phi) is 22.3. The van der Waals surface area contributed by atoms with Crippen LogP contribution >= 0.6 is 0 Å². The first-order valence-electron chi connectivity index (χ1n) is 33.7.